The molecular formula is C12H23N. The molecule has 3 atom stereocenters. The van der Waals surface area contributed by atoms with Gasteiger partial charge >= 0.3 is 0 Å². The van der Waals surface area contributed by atoms with E-state index < -0.39 is 0 Å². The first-order valence-electron chi connectivity index (χ1n) is 6.15. The maximum Gasteiger partial charge on any atom is 0.0124 e. The summed E-state index contributed by atoms with van der Waals surface area (Å²) in [5, 5.41) is 3.76. The molecule has 1 aliphatic carbocycles. The van der Waals surface area contributed by atoms with E-state index in [9.17, 15) is 0 Å². The molecule has 2 fully saturated rings. The summed E-state index contributed by atoms with van der Waals surface area (Å²) in [7, 11) is 0. The number of hydrogen-bond acceptors (Lipinski definition) is 1. The molecule has 2 aliphatic rings. The van der Waals surface area contributed by atoms with Crippen LogP contribution in [0.2, 0.25) is 0 Å². The zero-order chi connectivity index (χ0) is 9.10. The first kappa shape index (κ1) is 9.51. The van der Waals surface area contributed by atoms with Crippen LogP contribution in [0.25, 0.3) is 0 Å². The van der Waals surface area contributed by atoms with Crippen molar-refractivity contribution in [1.82, 2.24) is 5.32 Å². The number of nitrogens with one attached hydrogen (secondary N) is 1. The third-order valence-electron chi connectivity index (χ3n) is 3.96. The molecule has 2 rings (SSSR count). The monoisotopic (exact) mass is 181 g/mol. The molecule has 76 valence electrons. The standard InChI is InChI=1S/C12H23N/c1-2-5-10-6-3-7-11-8-4-9-13-12(10)11/h10-13H,2-9H2,1H3. The molecule has 1 aliphatic heterocycles. The van der Waals surface area contributed by atoms with Gasteiger partial charge in [0.2, 0.25) is 0 Å². The van der Waals surface area contributed by atoms with Crippen molar-refractivity contribution in [2.75, 3.05) is 6.54 Å². The van der Waals surface area contributed by atoms with E-state index in [2.05, 4.69) is 12.2 Å². The van der Waals surface area contributed by atoms with Crippen molar-refractivity contribution in [1.29, 1.82) is 0 Å². The molecule has 3 unspecified atom stereocenters. The van der Waals surface area contributed by atoms with Gasteiger partial charge in [-0.15, -0.1) is 0 Å². The molecule has 0 bridgehead atoms. The molecule has 13 heavy (non-hydrogen) atoms. The van der Waals surface area contributed by atoms with Crippen molar-refractivity contribution in [2.45, 2.75) is 57.9 Å². The van der Waals surface area contributed by atoms with Gasteiger partial charge in [-0.2, -0.15) is 0 Å². The predicted molar refractivity (Wildman–Crippen MR) is 56.8 cm³/mol. The minimum atomic E-state index is 0.891. The van der Waals surface area contributed by atoms with E-state index in [0.29, 0.717) is 0 Å². The first-order valence-corrected chi connectivity index (χ1v) is 6.15. The minimum Gasteiger partial charge on any atom is -0.313 e. The number of hydrogen-bond donors (Lipinski definition) is 1. The summed E-state index contributed by atoms with van der Waals surface area (Å²) >= 11 is 0. The lowest BCUT2D eigenvalue weighted by Crippen LogP contribution is -2.48. The molecule has 1 heterocycles. The Balaban J connectivity index is 1.94. The van der Waals surface area contributed by atoms with Gasteiger partial charge in [-0.3, -0.25) is 0 Å². The van der Waals surface area contributed by atoms with Crippen LogP contribution in [0, 0.1) is 11.8 Å². The Labute approximate surface area is 82.3 Å². The fourth-order valence-electron chi connectivity index (χ4n) is 3.37. The van der Waals surface area contributed by atoms with E-state index in [-0.39, 0.29) is 0 Å². The highest BCUT2D eigenvalue weighted by atomic mass is 14.9. The molecule has 0 aromatic heterocycles. The summed E-state index contributed by atoms with van der Waals surface area (Å²) in [5.41, 5.74) is 0. The molecule has 1 heteroatoms. The van der Waals surface area contributed by atoms with Gasteiger partial charge in [0.15, 0.2) is 0 Å². The van der Waals surface area contributed by atoms with Crippen LogP contribution >= 0.6 is 0 Å². The van der Waals surface area contributed by atoms with E-state index in [4.69, 9.17) is 0 Å². The van der Waals surface area contributed by atoms with E-state index in [1.54, 1.807) is 0 Å². The van der Waals surface area contributed by atoms with Crippen LogP contribution in [0.3, 0.4) is 0 Å². The quantitative estimate of drug-likeness (QED) is 0.690. The highest BCUT2D eigenvalue weighted by Gasteiger charge is 2.33. The Bertz CT molecular complexity index is 151. The zero-order valence-electron chi connectivity index (χ0n) is 8.89. The van der Waals surface area contributed by atoms with Crippen molar-refractivity contribution in [3.8, 4) is 0 Å². The SMILES string of the molecule is CCCC1CCCC2CCCNC12. The third kappa shape index (κ3) is 2.07. The van der Waals surface area contributed by atoms with Gasteiger partial charge in [-0.1, -0.05) is 19.8 Å². The van der Waals surface area contributed by atoms with Gasteiger partial charge < -0.3 is 5.32 Å². The molecule has 0 amide bonds. The molecule has 1 nitrogen and oxygen atoms in total. The topological polar surface area (TPSA) is 12.0 Å². The van der Waals surface area contributed by atoms with E-state index in [1.807, 2.05) is 0 Å². The Kier molecular flexibility index (Phi) is 3.26. The largest absolute Gasteiger partial charge is 0.313 e. The van der Waals surface area contributed by atoms with Gasteiger partial charge in [-0.05, 0) is 50.5 Å². The van der Waals surface area contributed by atoms with Crippen LogP contribution in [0.5, 0.6) is 0 Å². The normalized spacial score (nSPS) is 39.9. The minimum absolute atomic E-state index is 0.891. The van der Waals surface area contributed by atoms with Gasteiger partial charge in [-0.25, -0.2) is 0 Å². The van der Waals surface area contributed by atoms with Crippen molar-refractivity contribution in [2.24, 2.45) is 11.8 Å². The molecule has 0 radical (unpaired) electrons. The van der Waals surface area contributed by atoms with Crippen molar-refractivity contribution in [3.05, 3.63) is 0 Å². The highest BCUT2D eigenvalue weighted by Crippen LogP contribution is 2.36. The summed E-state index contributed by atoms with van der Waals surface area (Å²) in [5.74, 6) is 2.03. The average Bonchev–Trinajstić information content (AvgIpc) is 2.19. The van der Waals surface area contributed by atoms with Crippen LogP contribution < -0.4 is 5.32 Å². The van der Waals surface area contributed by atoms with Crippen molar-refractivity contribution < 1.29 is 0 Å². The average molecular weight is 181 g/mol. The zero-order valence-corrected chi connectivity index (χ0v) is 8.89. The molecule has 0 spiro atoms. The Morgan fingerprint density at radius 3 is 2.85 bits per heavy atom. The summed E-state index contributed by atoms with van der Waals surface area (Å²) in [6.07, 6.45) is 10.2. The molecular weight excluding hydrogens is 158 g/mol. The van der Waals surface area contributed by atoms with Gasteiger partial charge in [0.25, 0.3) is 0 Å². The second-order valence-electron chi connectivity index (χ2n) is 4.86. The highest BCUT2D eigenvalue weighted by molar-refractivity contribution is 4.89. The van der Waals surface area contributed by atoms with Gasteiger partial charge in [0.05, 0.1) is 0 Å². The van der Waals surface area contributed by atoms with E-state index in [0.717, 1.165) is 17.9 Å². The van der Waals surface area contributed by atoms with Crippen molar-refractivity contribution >= 4 is 0 Å². The maximum atomic E-state index is 3.76. The van der Waals surface area contributed by atoms with Crippen LogP contribution in [0.15, 0.2) is 0 Å². The summed E-state index contributed by atoms with van der Waals surface area (Å²) in [4.78, 5) is 0. The lowest BCUT2D eigenvalue weighted by Gasteiger charge is -2.42. The summed E-state index contributed by atoms with van der Waals surface area (Å²) in [6, 6.07) is 0.891. The van der Waals surface area contributed by atoms with E-state index >= 15 is 0 Å². The number of rotatable bonds is 2. The van der Waals surface area contributed by atoms with Gasteiger partial charge in [0.1, 0.15) is 0 Å². The molecule has 0 aromatic rings. The van der Waals surface area contributed by atoms with Crippen LogP contribution in [0.1, 0.15) is 51.9 Å². The fraction of sp³-hybridized carbons (Fsp3) is 1.00. The van der Waals surface area contributed by atoms with E-state index in [1.165, 1.54) is 51.5 Å². The second-order valence-corrected chi connectivity index (χ2v) is 4.86. The number of fused-ring (bicyclic) bond motifs is 1. The fourth-order valence-corrected chi connectivity index (χ4v) is 3.37. The Morgan fingerprint density at radius 1 is 1.15 bits per heavy atom. The molecule has 1 saturated carbocycles. The molecule has 1 N–H and O–H groups in total. The summed E-state index contributed by atoms with van der Waals surface area (Å²) in [6.45, 7) is 3.60. The lowest BCUT2D eigenvalue weighted by atomic mass is 9.72. The second kappa shape index (κ2) is 4.45. The third-order valence-corrected chi connectivity index (χ3v) is 3.96. The first-order chi connectivity index (χ1) is 6.42. The van der Waals surface area contributed by atoms with Crippen LogP contribution in [-0.2, 0) is 0 Å². The molecule has 1 saturated heterocycles. The molecule has 0 aromatic carbocycles. The summed E-state index contributed by atoms with van der Waals surface area (Å²) < 4.78 is 0. The predicted octanol–water partition coefficient (Wildman–Crippen LogP) is 2.95. The van der Waals surface area contributed by atoms with Gasteiger partial charge in [0, 0.05) is 6.04 Å². The van der Waals surface area contributed by atoms with Crippen molar-refractivity contribution in [3.63, 3.8) is 0 Å². The smallest absolute Gasteiger partial charge is 0.0124 e. The maximum absolute atomic E-state index is 3.76. The Morgan fingerprint density at radius 2 is 2.00 bits per heavy atom. The number of piperidine rings is 1. The van der Waals surface area contributed by atoms with Crippen LogP contribution in [-0.4, -0.2) is 12.6 Å². The lowest BCUT2D eigenvalue weighted by molar-refractivity contribution is 0.139. The Hall–Kier alpha value is -0.0400. The van der Waals surface area contributed by atoms with Crippen LogP contribution in [0.4, 0.5) is 0 Å².